The van der Waals surface area contributed by atoms with Crippen LogP contribution in [0.4, 0.5) is 4.39 Å². The third kappa shape index (κ3) is 4.18. The van der Waals surface area contributed by atoms with Gasteiger partial charge >= 0.3 is 0 Å². The van der Waals surface area contributed by atoms with E-state index in [-0.39, 0.29) is 6.04 Å². The molecule has 3 atom stereocenters. The molecular formula is C20H24FNO. The molecule has 23 heavy (non-hydrogen) atoms. The molecule has 3 rings (SSSR count). The Labute approximate surface area is 137 Å². The van der Waals surface area contributed by atoms with E-state index >= 15 is 0 Å². The van der Waals surface area contributed by atoms with Gasteiger partial charge in [-0.25, -0.2) is 4.39 Å². The summed E-state index contributed by atoms with van der Waals surface area (Å²) in [6, 6.07) is 20.3. The van der Waals surface area contributed by atoms with Crippen molar-refractivity contribution in [2.24, 2.45) is 0 Å². The Balaban J connectivity index is 1.80. The number of halogens is 1. The molecular weight excluding hydrogens is 289 g/mol. The van der Waals surface area contributed by atoms with E-state index in [1.165, 1.54) is 11.1 Å². The van der Waals surface area contributed by atoms with Crippen molar-refractivity contribution in [3.63, 3.8) is 0 Å². The lowest BCUT2D eigenvalue weighted by Crippen LogP contribution is -2.49. The van der Waals surface area contributed by atoms with Crippen molar-refractivity contribution in [2.45, 2.75) is 50.7 Å². The standard InChI is InChI=1S/C20H24FNO/c21-18-12-7-13-19(20(18)23)22(14-16-8-3-1-4-9-16)15-17-10-5-2-6-11-17/h1-6,8-11,18-20,23H,7,12-15H2/t18-,19-,20+/m1/s1. The van der Waals surface area contributed by atoms with Gasteiger partial charge in [-0.2, -0.15) is 0 Å². The molecule has 3 heteroatoms. The summed E-state index contributed by atoms with van der Waals surface area (Å²) >= 11 is 0. The topological polar surface area (TPSA) is 23.5 Å². The Hall–Kier alpha value is -1.71. The Morgan fingerprint density at radius 3 is 1.91 bits per heavy atom. The van der Waals surface area contributed by atoms with Gasteiger partial charge in [0.1, 0.15) is 12.3 Å². The zero-order valence-corrected chi connectivity index (χ0v) is 13.3. The van der Waals surface area contributed by atoms with Crippen LogP contribution in [0, 0.1) is 0 Å². The Bertz CT molecular complexity index is 548. The average Bonchev–Trinajstić information content (AvgIpc) is 2.59. The highest BCUT2D eigenvalue weighted by Gasteiger charge is 2.35. The van der Waals surface area contributed by atoms with Crippen LogP contribution in [-0.2, 0) is 13.1 Å². The molecule has 1 fully saturated rings. The minimum Gasteiger partial charge on any atom is -0.388 e. The molecule has 2 aromatic rings. The Morgan fingerprint density at radius 1 is 0.870 bits per heavy atom. The van der Waals surface area contributed by atoms with Crippen molar-refractivity contribution in [1.82, 2.24) is 4.90 Å². The van der Waals surface area contributed by atoms with E-state index in [1.807, 2.05) is 36.4 Å². The van der Waals surface area contributed by atoms with Gasteiger partial charge in [0.25, 0.3) is 0 Å². The molecule has 0 amide bonds. The van der Waals surface area contributed by atoms with Gasteiger partial charge in [0.05, 0.1) is 0 Å². The summed E-state index contributed by atoms with van der Waals surface area (Å²) in [7, 11) is 0. The van der Waals surface area contributed by atoms with E-state index in [4.69, 9.17) is 0 Å². The van der Waals surface area contributed by atoms with Crippen molar-refractivity contribution >= 4 is 0 Å². The summed E-state index contributed by atoms with van der Waals surface area (Å²) in [5.74, 6) is 0. The minimum atomic E-state index is -1.11. The minimum absolute atomic E-state index is 0.126. The molecule has 1 N–H and O–H groups in total. The smallest absolute Gasteiger partial charge is 0.127 e. The lowest BCUT2D eigenvalue weighted by molar-refractivity contribution is -0.0370. The molecule has 0 aliphatic heterocycles. The van der Waals surface area contributed by atoms with Crippen molar-refractivity contribution < 1.29 is 9.50 Å². The second kappa shape index (κ2) is 7.71. The number of aliphatic hydroxyl groups excluding tert-OH is 1. The highest BCUT2D eigenvalue weighted by molar-refractivity contribution is 5.17. The predicted molar refractivity (Wildman–Crippen MR) is 90.7 cm³/mol. The molecule has 1 aliphatic rings. The van der Waals surface area contributed by atoms with Crippen LogP contribution in [-0.4, -0.2) is 28.3 Å². The average molecular weight is 313 g/mol. The van der Waals surface area contributed by atoms with Crippen LogP contribution in [0.3, 0.4) is 0 Å². The van der Waals surface area contributed by atoms with Crippen LogP contribution in [0.15, 0.2) is 60.7 Å². The summed E-state index contributed by atoms with van der Waals surface area (Å²) in [6.45, 7) is 1.45. The fourth-order valence-electron chi connectivity index (χ4n) is 3.43. The first-order chi connectivity index (χ1) is 11.2. The number of aliphatic hydroxyl groups is 1. The SMILES string of the molecule is O[C@H]1[C@H](F)CCC[C@H]1N(Cc1ccccc1)Cc1ccccc1. The summed E-state index contributed by atoms with van der Waals surface area (Å²) in [4.78, 5) is 2.22. The van der Waals surface area contributed by atoms with E-state index in [2.05, 4.69) is 29.2 Å². The molecule has 0 unspecified atom stereocenters. The molecule has 1 aliphatic carbocycles. The van der Waals surface area contributed by atoms with E-state index in [1.54, 1.807) is 0 Å². The summed E-state index contributed by atoms with van der Waals surface area (Å²) < 4.78 is 14.0. The van der Waals surface area contributed by atoms with E-state index in [0.29, 0.717) is 6.42 Å². The van der Waals surface area contributed by atoms with E-state index in [0.717, 1.165) is 25.9 Å². The molecule has 2 nitrogen and oxygen atoms in total. The van der Waals surface area contributed by atoms with Crippen molar-refractivity contribution in [1.29, 1.82) is 0 Å². The second-order valence-electron chi connectivity index (χ2n) is 6.38. The van der Waals surface area contributed by atoms with Crippen LogP contribution in [0.5, 0.6) is 0 Å². The molecule has 1 saturated carbocycles. The molecule has 0 radical (unpaired) electrons. The zero-order valence-electron chi connectivity index (χ0n) is 13.3. The van der Waals surface area contributed by atoms with Gasteiger partial charge in [0, 0.05) is 19.1 Å². The summed E-state index contributed by atoms with van der Waals surface area (Å²) in [5.41, 5.74) is 2.38. The molecule has 0 bridgehead atoms. The van der Waals surface area contributed by atoms with Crippen LogP contribution in [0.1, 0.15) is 30.4 Å². The van der Waals surface area contributed by atoms with Gasteiger partial charge in [-0.3, -0.25) is 4.90 Å². The van der Waals surface area contributed by atoms with Gasteiger partial charge in [-0.1, -0.05) is 60.7 Å². The fourth-order valence-corrected chi connectivity index (χ4v) is 3.43. The third-order valence-electron chi connectivity index (χ3n) is 4.67. The molecule has 2 aromatic carbocycles. The predicted octanol–water partition coefficient (Wildman–Crippen LogP) is 3.94. The van der Waals surface area contributed by atoms with Gasteiger partial charge in [0.2, 0.25) is 0 Å². The quantitative estimate of drug-likeness (QED) is 0.904. The largest absolute Gasteiger partial charge is 0.388 e. The molecule has 0 spiro atoms. The van der Waals surface area contributed by atoms with Crippen molar-refractivity contribution in [3.8, 4) is 0 Å². The fraction of sp³-hybridized carbons (Fsp3) is 0.400. The zero-order chi connectivity index (χ0) is 16.1. The Kier molecular flexibility index (Phi) is 5.42. The van der Waals surface area contributed by atoms with Gasteiger partial charge in [0.15, 0.2) is 0 Å². The highest BCUT2D eigenvalue weighted by atomic mass is 19.1. The first kappa shape index (κ1) is 16.2. The summed E-state index contributed by atoms with van der Waals surface area (Å²) in [5, 5.41) is 10.3. The number of benzene rings is 2. The normalized spacial score (nSPS) is 24.7. The number of hydrogen-bond donors (Lipinski definition) is 1. The van der Waals surface area contributed by atoms with Crippen molar-refractivity contribution in [3.05, 3.63) is 71.8 Å². The van der Waals surface area contributed by atoms with Crippen LogP contribution in [0.25, 0.3) is 0 Å². The molecule has 0 heterocycles. The monoisotopic (exact) mass is 313 g/mol. The van der Waals surface area contributed by atoms with Gasteiger partial charge in [-0.05, 0) is 30.4 Å². The van der Waals surface area contributed by atoms with Crippen LogP contribution < -0.4 is 0 Å². The molecule has 122 valence electrons. The molecule has 0 saturated heterocycles. The second-order valence-corrected chi connectivity index (χ2v) is 6.38. The number of nitrogens with zero attached hydrogens (tertiary/aromatic N) is 1. The van der Waals surface area contributed by atoms with Crippen molar-refractivity contribution in [2.75, 3.05) is 0 Å². The van der Waals surface area contributed by atoms with Gasteiger partial charge in [-0.15, -0.1) is 0 Å². The lowest BCUT2D eigenvalue weighted by atomic mass is 9.89. The number of alkyl halides is 1. The number of rotatable bonds is 5. The highest BCUT2D eigenvalue weighted by Crippen LogP contribution is 2.28. The molecule has 0 aromatic heterocycles. The first-order valence-electron chi connectivity index (χ1n) is 8.38. The van der Waals surface area contributed by atoms with Gasteiger partial charge < -0.3 is 5.11 Å². The third-order valence-corrected chi connectivity index (χ3v) is 4.67. The van der Waals surface area contributed by atoms with Crippen LogP contribution in [0.2, 0.25) is 0 Å². The maximum atomic E-state index is 14.0. The Morgan fingerprint density at radius 2 is 1.39 bits per heavy atom. The maximum Gasteiger partial charge on any atom is 0.127 e. The first-order valence-corrected chi connectivity index (χ1v) is 8.38. The summed E-state index contributed by atoms with van der Waals surface area (Å²) in [6.07, 6.45) is 0.158. The lowest BCUT2D eigenvalue weighted by Gasteiger charge is -2.39. The maximum absolute atomic E-state index is 14.0. The van der Waals surface area contributed by atoms with E-state index in [9.17, 15) is 9.50 Å². The number of hydrogen-bond acceptors (Lipinski definition) is 2. The van der Waals surface area contributed by atoms with E-state index < -0.39 is 12.3 Å². The van der Waals surface area contributed by atoms with Crippen LogP contribution >= 0.6 is 0 Å².